The summed E-state index contributed by atoms with van der Waals surface area (Å²) in [6.07, 6.45) is 4.45. The average molecular weight is 306 g/mol. The van der Waals surface area contributed by atoms with Gasteiger partial charge in [-0.25, -0.2) is 8.42 Å². The molecular formula is C15H18N2O3S. The van der Waals surface area contributed by atoms with Gasteiger partial charge in [-0.3, -0.25) is 4.72 Å². The summed E-state index contributed by atoms with van der Waals surface area (Å²) < 4.78 is 32.5. The molecule has 0 spiro atoms. The smallest absolute Gasteiger partial charge is 0.267 e. The van der Waals surface area contributed by atoms with E-state index in [4.69, 9.17) is 4.52 Å². The Morgan fingerprint density at radius 3 is 2.52 bits per heavy atom. The van der Waals surface area contributed by atoms with Crippen molar-refractivity contribution in [2.75, 3.05) is 4.72 Å². The summed E-state index contributed by atoms with van der Waals surface area (Å²) in [4.78, 5) is 0.125. The Bertz CT molecular complexity index is 759. The summed E-state index contributed by atoms with van der Waals surface area (Å²) in [7, 11) is -3.66. The normalized spacial score (nSPS) is 14.8. The Labute approximate surface area is 124 Å². The topological polar surface area (TPSA) is 72.2 Å². The number of rotatable bonds is 3. The van der Waals surface area contributed by atoms with Crippen molar-refractivity contribution in [3.05, 3.63) is 40.8 Å². The minimum Gasteiger partial charge on any atom is -0.360 e. The zero-order chi connectivity index (χ0) is 15.0. The lowest BCUT2D eigenvalue weighted by molar-refractivity contribution is 0.390. The molecule has 21 heavy (non-hydrogen) atoms. The molecule has 112 valence electrons. The van der Waals surface area contributed by atoms with Crippen molar-refractivity contribution in [2.45, 2.75) is 44.4 Å². The van der Waals surface area contributed by atoms with Crippen LogP contribution in [0.2, 0.25) is 0 Å². The van der Waals surface area contributed by atoms with Gasteiger partial charge in [-0.2, -0.15) is 0 Å². The van der Waals surface area contributed by atoms with Crippen LogP contribution in [-0.4, -0.2) is 13.6 Å². The first kappa shape index (κ1) is 14.1. The van der Waals surface area contributed by atoms with Crippen molar-refractivity contribution in [3.8, 4) is 0 Å². The summed E-state index contributed by atoms with van der Waals surface area (Å²) in [6, 6.07) is 5.77. The molecule has 1 aliphatic rings. The minimum atomic E-state index is -3.66. The molecule has 0 unspecified atom stereocenters. The molecule has 1 aromatic carbocycles. The number of nitrogens with one attached hydrogen (secondary N) is 1. The molecule has 1 heterocycles. The third-order valence-corrected chi connectivity index (χ3v) is 5.46. The number of aromatic nitrogens is 1. The van der Waals surface area contributed by atoms with E-state index in [1.54, 1.807) is 13.8 Å². The first-order valence-corrected chi connectivity index (χ1v) is 8.53. The van der Waals surface area contributed by atoms with E-state index in [9.17, 15) is 8.42 Å². The van der Waals surface area contributed by atoms with E-state index in [-0.39, 0.29) is 4.90 Å². The predicted octanol–water partition coefficient (Wildman–Crippen LogP) is 2.97. The van der Waals surface area contributed by atoms with E-state index < -0.39 is 10.0 Å². The quantitative estimate of drug-likeness (QED) is 0.946. The SMILES string of the molecule is Cc1noc(C)c1S(=O)(=O)Nc1ccc2c(c1)CCCC2. The Morgan fingerprint density at radius 1 is 1.14 bits per heavy atom. The summed E-state index contributed by atoms with van der Waals surface area (Å²) in [5.41, 5.74) is 3.52. The van der Waals surface area contributed by atoms with E-state index in [1.807, 2.05) is 18.2 Å². The van der Waals surface area contributed by atoms with Gasteiger partial charge >= 0.3 is 0 Å². The van der Waals surface area contributed by atoms with Gasteiger partial charge in [0.2, 0.25) is 0 Å². The van der Waals surface area contributed by atoms with Crippen molar-refractivity contribution < 1.29 is 12.9 Å². The van der Waals surface area contributed by atoms with Crippen molar-refractivity contribution in [1.29, 1.82) is 0 Å². The molecule has 1 aliphatic carbocycles. The van der Waals surface area contributed by atoms with Crippen molar-refractivity contribution in [3.63, 3.8) is 0 Å². The Morgan fingerprint density at radius 2 is 1.86 bits per heavy atom. The van der Waals surface area contributed by atoms with Gasteiger partial charge in [0.25, 0.3) is 10.0 Å². The van der Waals surface area contributed by atoms with Gasteiger partial charge in [-0.1, -0.05) is 11.2 Å². The highest BCUT2D eigenvalue weighted by molar-refractivity contribution is 7.92. The summed E-state index contributed by atoms with van der Waals surface area (Å²) in [5.74, 6) is 0.304. The second kappa shape index (κ2) is 5.18. The van der Waals surface area contributed by atoms with Crippen LogP contribution in [0.5, 0.6) is 0 Å². The Kier molecular flexibility index (Phi) is 3.49. The number of hydrogen-bond donors (Lipinski definition) is 1. The van der Waals surface area contributed by atoms with Crippen molar-refractivity contribution in [2.24, 2.45) is 0 Å². The monoisotopic (exact) mass is 306 g/mol. The maximum absolute atomic E-state index is 12.5. The van der Waals surface area contributed by atoms with E-state index in [1.165, 1.54) is 17.5 Å². The lowest BCUT2D eigenvalue weighted by atomic mass is 9.91. The lowest BCUT2D eigenvalue weighted by Crippen LogP contribution is -2.15. The Balaban J connectivity index is 1.93. The number of benzene rings is 1. The minimum absolute atomic E-state index is 0.125. The fraction of sp³-hybridized carbons (Fsp3) is 0.400. The molecule has 0 radical (unpaired) electrons. The van der Waals surface area contributed by atoms with Crippen LogP contribution in [-0.2, 0) is 22.9 Å². The Hall–Kier alpha value is -1.82. The highest BCUT2D eigenvalue weighted by atomic mass is 32.2. The third-order valence-electron chi connectivity index (χ3n) is 3.84. The second-order valence-corrected chi connectivity index (χ2v) is 7.07. The van der Waals surface area contributed by atoms with Crippen LogP contribution < -0.4 is 4.72 Å². The standard InChI is InChI=1S/C15H18N2O3S/c1-10-15(11(2)20-16-10)21(18,19)17-14-8-7-12-5-3-4-6-13(12)9-14/h7-9,17H,3-6H2,1-2H3. The first-order chi connectivity index (χ1) is 9.97. The highest BCUT2D eigenvalue weighted by Gasteiger charge is 2.24. The van der Waals surface area contributed by atoms with Crippen molar-refractivity contribution in [1.82, 2.24) is 5.16 Å². The first-order valence-electron chi connectivity index (χ1n) is 7.05. The fourth-order valence-corrected chi connectivity index (χ4v) is 4.24. The molecule has 0 fully saturated rings. The second-order valence-electron chi connectivity index (χ2n) is 5.45. The maximum atomic E-state index is 12.5. The van der Waals surface area contributed by atoms with Gasteiger partial charge < -0.3 is 4.52 Å². The van der Waals surface area contributed by atoms with E-state index in [2.05, 4.69) is 9.88 Å². The number of aryl methyl sites for hydroxylation is 4. The lowest BCUT2D eigenvalue weighted by Gasteiger charge is -2.17. The molecule has 0 saturated carbocycles. The molecule has 0 atom stereocenters. The number of nitrogens with zero attached hydrogens (tertiary/aromatic N) is 1. The van der Waals surface area contributed by atoms with Gasteiger partial charge in [0.05, 0.1) is 0 Å². The van der Waals surface area contributed by atoms with Gasteiger partial charge in [-0.15, -0.1) is 0 Å². The average Bonchev–Trinajstić information content (AvgIpc) is 2.78. The van der Waals surface area contributed by atoms with Crippen LogP contribution in [0.3, 0.4) is 0 Å². The van der Waals surface area contributed by atoms with Gasteiger partial charge in [0.1, 0.15) is 5.69 Å². The molecule has 0 bridgehead atoms. The predicted molar refractivity (Wildman–Crippen MR) is 79.9 cm³/mol. The molecule has 0 amide bonds. The van der Waals surface area contributed by atoms with Gasteiger partial charge in [0, 0.05) is 5.69 Å². The van der Waals surface area contributed by atoms with Crippen LogP contribution in [0, 0.1) is 13.8 Å². The van der Waals surface area contributed by atoms with E-state index >= 15 is 0 Å². The molecule has 1 aromatic heterocycles. The molecule has 1 N–H and O–H groups in total. The fourth-order valence-electron chi connectivity index (χ4n) is 2.86. The van der Waals surface area contributed by atoms with Crippen LogP contribution in [0.25, 0.3) is 0 Å². The molecule has 0 aliphatic heterocycles. The number of sulfonamides is 1. The molecule has 5 nitrogen and oxygen atoms in total. The van der Waals surface area contributed by atoms with Crippen molar-refractivity contribution >= 4 is 15.7 Å². The van der Waals surface area contributed by atoms with Crippen LogP contribution in [0.4, 0.5) is 5.69 Å². The molecule has 6 heteroatoms. The number of fused-ring (bicyclic) bond motifs is 1. The summed E-state index contributed by atoms with van der Waals surface area (Å²) in [6.45, 7) is 3.22. The zero-order valence-corrected chi connectivity index (χ0v) is 13.0. The summed E-state index contributed by atoms with van der Waals surface area (Å²) >= 11 is 0. The molecule has 0 saturated heterocycles. The van der Waals surface area contributed by atoms with E-state index in [0.717, 1.165) is 19.3 Å². The van der Waals surface area contributed by atoms with Crippen LogP contribution >= 0.6 is 0 Å². The third kappa shape index (κ3) is 2.68. The highest BCUT2D eigenvalue weighted by Crippen LogP contribution is 2.27. The maximum Gasteiger partial charge on any atom is 0.267 e. The molecular weight excluding hydrogens is 288 g/mol. The van der Waals surface area contributed by atoms with Gasteiger partial charge in [0.15, 0.2) is 10.7 Å². The van der Waals surface area contributed by atoms with Crippen LogP contribution in [0.15, 0.2) is 27.6 Å². The zero-order valence-electron chi connectivity index (χ0n) is 12.1. The van der Waals surface area contributed by atoms with E-state index in [0.29, 0.717) is 17.1 Å². The number of anilines is 1. The summed E-state index contributed by atoms with van der Waals surface area (Å²) in [5, 5.41) is 3.70. The number of hydrogen-bond acceptors (Lipinski definition) is 4. The van der Waals surface area contributed by atoms with Crippen LogP contribution in [0.1, 0.15) is 35.4 Å². The molecule has 3 rings (SSSR count). The molecule has 2 aromatic rings. The largest absolute Gasteiger partial charge is 0.360 e. The van der Waals surface area contributed by atoms with Gasteiger partial charge in [-0.05, 0) is 62.8 Å².